The summed E-state index contributed by atoms with van der Waals surface area (Å²) in [7, 11) is 0. The largest absolute Gasteiger partial charge is 0.444 e. The van der Waals surface area contributed by atoms with Gasteiger partial charge in [-0.2, -0.15) is 0 Å². The fourth-order valence-corrected chi connectivity index (χ4v) is 3.32. The number of benzene rings is 1. The number of esters is 2. The Bertz CT molecular complexity index is 949. The number of amides is 1. The van der Waals surface area contributed by atoms with Gasteiger partial charge in [0.15, 0.2) is 17.2 Å². The highest BCUT2D eigenvalue weighted by Crippen LogP contribution is 2.29. The molecule has 0 atom stereocenters. The zero-order valence-corrected chi connectivity index (χ0v) is 19.2. The molecule has 1 N–H and O–H groups in total. The van der Waals surface area contributed by atoms with E-state index in [1.54, 1.807) is 20.8 Å². The van der Waals surface area contributed by atoms with Crippen LogP contribution in [0.3, 0.4) is 0 Å². The molecule has 1 aromatic carbocycles. The van der Waals surface area contributed by atoms with Crippen molar-refractivity contribution < 1.29 is 37.4 Å². The number of nitrogens with one attached hydrogen (secondary N) is 1. The maximum atomic E-state index is 14.8. The molecule has 2 aliphatic rings. The first-order valence-electron chi connectivity index (χ1n) is 10.4. The van der Waals surface area contributed by atoms with Gasteiger partial charge in [0, 0.05) is 51.9 Å². The van der Waals surface area contributed by atoms with Crippen LogP contribution >= 0.6 is 0 Å². The van der Waals surface area contributed by atoms with Crippen LogP contribution in [0.15, 0.2) is 23.9 Å². The molecule has 11 heteroatoms. The van der Waals surface area contributed by atoms with E-state index in [-0.39, 0.29) is 37.6 Å². The Hall–Kier alpha value is -3.37. The van der Waals surface area contributed by atoms with E-state index >= 15 is 0 Å². The first-order chi connectivity index (χ1) is 15.3. The summed E-state index contributed by atoms with van der Waals surface area (Å²) in [6.45, 7) is 9.04. The lowest BCUT2D eigenvalue weighted by Gasteiger charge is -2.37. The number of hydrogen-bond acceptors (Lipinski definition) is 8. The van der Waals surface area contributed by atoms with E-state index in [2.05, 4.69) is 5.32 Å². The summed E-state index contributed by atoms with van der Waals surface area (Å²) in [5.74, 6) is -4.89. The van der Waals surface area contributed by atoms with Crippen LogP contribution in [0.25, 0.3) is 0 Å². The molecule has 33 heavy (non-hydrogen) atoms. The van der Waals surface area contributed by atoms with Crippen LogP contribution in [0.4, 0.5) is 25.0 Å². The fraction of sp³-hybridized carbons (Fsp3) is 0.500. The van der Waals surface area contributed by atoms with Gasteiger partial charge in [-0.3, -0.25) is 0 Å². The second-order valence-corrected chi connectivity index (χ2v) is 9.12. The Labute approximate surface area is 190 Å². The quantitative estimate of drug-likeness (QED) is 0.411. The van der Waals surface area contributed by atoms with Crippen LogP contribution in [0, 0.1) is 11.6 Å². The summed E-state index contributed by atoms with van der Waals surface area (Å²) in [5.41, 5.74) is -1.31. The number of ether oxygens (including phenoxy) is 3. The lowest BCUT2D eigenvalue weighted by molar-refractivity contribution is -0.222. The third-order valence-electron chi connectivity index (χ3n) is 4.76. The van der Waals surface area contributed by atoms with Gasteiger partial charge in [0.2, 0.25) is 0 Å². The monoisotopic (exact) mass is 467 g/mol. The molecule has 2 aliphatic heterocycles. The second kappa shape index (κ2) is 8.87. The summed E-state index contributed by atoms with van der Waals surface area (Å²) in [6, 6.07) is 2.08. The molecule has 9 nitrogen and oxygen atoms in total. The summed E-state index contributed by atoms with van der Waals surface area (Å²) in [4.78, 5) is 39.1. The van der Waals surface area contributed by atoms with Crippen molar-refractivity contribution in [1.29, 1.82) is 0 Å². The predicted molar refractivity (Wildman–Crippen MR) is 114 cm³/mol. The van der Waals surface area contributed by atoms with Gasteiger partial charge >= 0.3 is 18.0 Å². The first-order valence-corrected chi connectivity index (χ1v) is 10.4. The third kappa shape index (κ3) is 5.91. The number of anilines is 2. The lowest BCUT2D eigenvalue weighted by atomic mass is 10.2. The molecule has 0 aliphatic carbocycles. The van der Waals surface area contributed by atoms with Gasteiger partial charge in [-0.1, -0.05) is 0 Å². The highest BCUT2D eigenvalue weighted by atomic mass is 19.1. The van der Waals surface area contributed by atoms with Crippen LogP contribution in [0.1, 0.15) is 34.6 Å². The van der Waals surface area contributed by atoms with Crippen molar-refractivity contribution in [3.8, 4) is 0 Å². The third-order valence-corrected chi connectivity index (χ3v) is 4.76. The van der Waals surface area contributed by atoms with Crippen LogP contribution in [0.2, 0.25) is 0 Å². The van der Waals surface area contributed by atoms with Gasteiger partial charge in [-0.05, 0) is 32.9 Å². The average molecular weight is 467 g/mol. The molecule has 2 heterocycles. The number of carbonyl (C=O) groups is 3. The molecule has 1 amide bonds. The normalized spacial score (nSPS) is 18.5. The second-order valence-electron chi connectivity index (χ2n) is 9.12. The van der Waals surface area contributed by atoms with Gasteiger partial charge in [0.25, 0.3) is 5.79 Å². The number of carbonyl (C=O) groups excluding carboxylic acids is 3. The van der Waals surface area contributed by atoms with E-state index in [4.69, 9.17) is 14.2 Å². The van der Waals surface area contributed by atoms with Crippen molar-refractivity contribution in [3.05, 3.63) is 35.5 Å². The highest BCUT2D eigenvalue weighted by Gasteiger charge is 2.39. The Morgan fingerprint density at radius 3 is 2.06 bits per heavy atom. The maximum Gasteiger partial charge on any atom is 0.410 e. The summed E-state index contributed by atoms with van der Waals surface area (Å²) >= 11 is 0. The summed E-state index contributed by atoms with van der Waals surface area (Å²) in [5, 5.41) is 2.53. The van der Waals surface area contributed by atoms with Crippen LogP contribution < -0.4 is 10.2 Å². The fourth-order valence-electron chi connectivity index (χ4n) is 3.32. The Balaban J connectivity index is 1.67. The molecule has 1 aromatic rings. The SMILES string of the molecule is CC(C)(C)OC(=O)N1CCN(c2c(F)cc(NC=C3C(=O)OC(C)(C)OC3=O)cc2F)CC1. The zero-order chi connectivity index (χ0) is 24.6. The number of piperazine rings is 1. The molecule has 2 saturated heterocycles. The van der Waals surface area contributed by atoms with E-state index in [9.17, 15) is 23.2 Å². The molecule has 2 fully saturated rings. The summed E-state index contributed by atoms with van der Waals surface area (Å²) in [6.07, 6.45) is 0.506. The van der Waals surface area contributed by atoms with E-state index in [0.717, 1.165) is 18.3 Å². The van der Waals surface area contributed by atoms with Gasteiger partial charge in [0.05, 0.1) is 0 Å². The highest BCUT2D eigenvalue weighted by molar-refractivity contribution is 6.15. The van der Waals surface area contributed by atoms with Crippen molar-refractivity contribution in [2.45, 2.75) is 46.0 Å². The van der Waals surface area contributed by atoms with Crippen molar-refractivity contribution in [3.63, 3.8) is 0 Å². The number of hydrogen-bond donors (Lipinski definition) is 1. The molecular weight excluding hydrogens is 440 g/mol. The van der Waals surface area contributed by atoms with Crippen molar-refractivity contribution >= 4 is 29.4 Å². The smallest absolute Gasteiger partial charge is 0.410 e. The molecular formula is C22H27F2N3O6. The summed E-state index contributed by atoms with van der Waals surface area (Å²) < 4.78 is 44.8. The van der Waals surface area contributed by atoms with Gasteiger partial charge < -0.3 is 29.3 Å². The molecule has 0 saturated carbocycles. The predicted octanol–water partition coefficient (Wildman–Crippen LogP) is 3.15. The lowest BCUT2D eigenvalue weighted by Crippen LogP contribution is -2.50. The van der Waals surface area contributed by atoms with Gasteiger partial charge in [0.1, 0.15) is 11.3 Å². The minimum absolute atomic E-state index is 0.0147. The minimum Gasteiger partial charge on any atom is -0.444 e. The van der Waals surface area contributed by atoms with E-state index in [0.29, 0.717) is 0 Å². The van der Waals surface area contributed by atoms with Gasteiger partial charge in [-0.25, -0.2) is 23.2 Å². The van der Waals surface area contributed by atoms with Crippen molar-refractivity contribution in [2.24, 2.45) is 0 Å². The molecule has 0 radical (unpaired) electrons. The number of halogens is 2. The Morgan fingerprint density at radius 2 is 1.58 bits per heavy atom. The average Bonchev–Trinajstić information content (AvgIpc) is 2.65. The molecule has 0 aromatic heterocycles. The topological polar surface area (TPSA) is 97.4 Å². The first kappa shape index (κ1) is 24.3. The Kier molecular flexibility index (Phi) is 6.53. The maximum absolute atomic E-state index is 14.8. The minimum atomic E-state index is -1.39. The van der Waals surface area contributed by atoms with Crippen LogP contribution in [-0.2, 0) is 23.8 Å². The van der Waals surface area contributed by atoms with Crippen molar-refractivity contribution in [1.82, 2.24) is 4.90 Å². The van der Waals surface area contributed by atoms with Gasteiger partial charge in [-0.15, -0.1) is 0 Å². The molecule has 0 unspecified atom stereocenters. The zero-order valence-electron chi connectivity index (χ0n) is 19.2. The van der Waals surface area contributed by atoms with Crippen LogP contribution in [0.5, 0.6) is 0 Å². The molecule has 3 rings (SSSR count). The van der Waals surface area contributed by atoms with E-state index in [1.165, 1.54) is 23.6 Å². The molecule has 0 bridgehead atoms. The van der Waals surface area contributed by atoms with E-state index < -0.39 is 46.6 Å². The molecule has 180 valence electrons. The van der Waals surface area contributed by atoms with E-state index in [1.807, 2.05) is 0 Å². The standard InChI is InChI=1S/C22H27F2N3O6/c1-21(2,3)33-20(30)27-8-6-26(7-9-27)17-15(23)10-13(11-16(17)24)25-12-14-18(28)31-22(4,5)32-19(14)29/h10-12,25H,6-9H2,1-5H3. The molecule has 0 spiro atoms. The number of nitrogens with zero attached hydrogens (tertiary/aromatic N) is 2. The number of cyclic esters (lactones) is 2. The number of rotatable bonds is 3. The van der Waals surface area contributed by atoms with Crippen LogP contribution in [-0.4, -0.2) is 60.5 Å². The Morgan fingerprint density at radius 1 is 1.06 bits per heavy atom. The van der Waals surface area contributed by atoms with Crippen molar-refractivity contribution in [2.75, 3.05) is 36.4 Å².